The Labute approximate surface area is 172 Å². The molecule has 1 heterocycles. The maximum Gasteiger partial charge on any atom is 0.404 e. The van der Waals surface area contributed by atoms with E-state index in [1.807, 2.05) is 54.4 Å². The molecule has 1 atom stereocenters. The van der Waals surface area contributed by atoms with Crippen LogP contribution in [0.25, 0.3) is 0 Å². The van der Waals surface area contributed by atoms with Gasteiger partial charge in [-0.15, -0.1) is 0 Å². The lowest BCUT2D eigenvalue weighted by Crippen LogP contribution is -2.39. The standard InChI is InChI=1S/C23H29N3O3/c1-25(21(17-26-12-5-6-13-26)20-10-3-2-4-11-20)22(27)15-18-8-7-9-19(14-18)16-24-23(28)29/h2-4,7-11,14,21,24H,5-6,12-13,15-17H2,1H3,(H,28,29). The van der Waals surface area contributed by atoms with Crippen LogP contribution in [-0.4, -0.2) is 53.6 Å². The molecular weight excluding hydrogens is 366 g/mol. The molecule has 2 aromatic carbocycles. The van der Waals surface area contributed by atoms with E-state index in [2.05, 4.69) is 22.3 Å². The van der Waals surface area contributed by atoms with Crippen LogP contribution < -0.4 is 5.32 Å². The number of rotatable bonds is 8. The van der Waals surface area contributed by atoms with Crippen molar-refractivity contribution in [1.82, 2.24) is 15.1 Å². The first-order valence-electron chi connectivity index (χ1n) is 10.1. The van der Waals surface area contributed by atoms with Gasteiger partial charge >= 0.3 is 6.09 Å². The van der Waals surface area contributed by atoms with E-state index in [9.17, 15) is 9.59 Å². The van der Waals surface area contributed by atoms with Gasteiger partial charge in [0.15, 0.2) is 0 Å². The second kappa shape index (κ2) is 10.1. The predicted octanol–water partition coefficient (Wildman–Crippen LogP) is 3.29. The number of nitrogens with one attached hydrogen (secondary N) is 1. The third-order valence-corrected chi connectivity index (χ3v) is 5.47. The molecule has 29 heavy (non-hydrogen) atoms. The molecule has 154 valence electrons. The molecule has 1 fully saturated rings. The number of likely N-dealkylation sites (N-methyl/N-ethyl adjacent to an activating group) is 1. The summed E-state index contributed by atoms with van der Waals surface area (Å²) < 4.78 is 0. The molecule has 0 spiro atoms. The fraction of sp³-hybridized carbons (Fsp3) is 0.391. The molecular formula is C23H29N3O3. The van der Waals surface area contributed by atoms with Gasteiger partial charge in [0.05, 0.1) is 12.5 Å². The van der Waals surface area contributed by atoms with E-state index in [0.29, 0.717) is 6.42 Å². The number of benzene rings is 2. The van der Waals surface area contributed by atoms with Crippen molar-refractivity contribution in [1.29, 1.82) is 0 Å². The van der Waals surface area contributed by atoms with Gasteiger partial charge in [0.25, 0.3) is 0 Å². The van der Waals surface area contributed by atoms with Gasteiger partial charge in [0.1, 0.15) is 0 Å². The van der Waals surface area contributed by atoms with E-state index in [1.54, 1.807) is 0 Å². The van der Waals surface area contributed by atoms with E-state index in [-0.39, 0.29) is 18.5 Å². The summed E-state index contributed by atoms with van der Waals surface area (Å²) >= 11 is 0. The largest absolute Gasteiger partial charge is 0.465 e. The number of carbonyl (C=O) groups excluding carboxylic acids is 1. The first kappa shape index (κ1) is 20.9. The van der Waals surface area contributed by atoms with Crippen molar-refractivity contribution in [3.8, 4) is 0 Å². The molecule has 6 nitrogen and oxygen atoms in total. The average Bonchev–Trinajstić information content (AvgIpc) is 3.24. The first-order valence-corrected chi connectivity index (χ1v) is 10.1. The van der Waals surface area contributed by atoms with Crippen molar-refractivity contribution < 1.29 is 14.7 Å². The van der Waals surface area contributed by atoms with Crippen LogP contribution in [-0.2, 0) is 17.8 Å². The second-order valence-electron chi connectivity index (χ2n) is 7.59. The molecule has 1 aliphatic heterocycles. The number of hydrogen-bond acceptors (Lipinski definition) is 3. The summed E-state index contributed by atoms with van der Waals surface area (Å²) in [6.07, 6.45) is 1.67. The zero-order valence-corrected chi connectivity index (χ0v) is 16.9. The fourth-order valence-electron chi connectivity index (χ4n) is 3.84. The van der Waals surface area contributed by atoms with Gasteiger partial charge in [-0.05, 0) is 42.6 Å². The van der Waals surface area contributed by atoms with Gasteiger partial charge in [-0.25, -0.2) is 4.79 Å². The van der Waals surface area contributed by atoms with Crippen molar-refractivity contribution in [2.45, 2.75) is 31.8 Å². The van der Waals surface area contributed by atoms with Crippen molar-refractivity contribution in [3.05, 3.63) is 71.3 Å². The summed E-state index contributed by atoms with van der Waals surface area (Å²) in [6.45, 7) is 3.25. The molecule has 0 radical (unpaired) electrons. The summed E-state index contributed by atoms with van der Waals surface area (Å²) in [5, 5.41) is 11.1. The van der Waals surface area contributed by atoms with Gasteiger partial charge in [-0.1, -0.05) is 54.6 Å². The maximum atomic E-state index is 13.1. The Morgan fingerprint density at radius 1 is 1.07 bits per heavy atom. The second-order valence-corrected chi connectivity index (χ2v) is 7.59. The van der Waals surface area contributed by atoms with Crippen LogP contribution in [0.15, 0.2) is 54.6 Å². The summed E-state index contributed by atoms with van der Waals surface area (Å²) in [7, 11) is 1.88. The molecule has 6 heteroatoms. The number of carbonyl (C=O) groups is 2. The quantitative estimate of drug-likeness (QED) is 0.719. The number of carboxylic acid groups (broad SMARTS) is 1. The Kier molecular flexibility index (Phi) is 7.25. The maximum absolute atomic E-state index is 13.1. The summed E-state index contributed by atoms with van der Waals surface area (Å²) in [5.74, 6) is 0.0568. The summed E-state index contributed by atoms with van der Waals surface area (Å²) in [6, 6.07) is 17.7. The van der Waals surface area contributed by atoms with E-state index in [1.165, 1.54) is 12.8 Å². The molecule has 0 saturated carbocycles. The summed E-state index contributed by atoms with van der Waals surface area (Å²) in [4.78, 5) is 28.1. The van der Waals surface area contributed by atoms with Crippen LogP contribution in [0.3, 0.4) is 0 Å². The molecule has 1 unspecified atom stereocenters. The molecule has 0 aromatic heterocycles. The smallest absolute Gasteiger partial charge is 0.404 e. The molecule has 2 N–H and O–H groups in total. The molecule has 1 saturated heterocycles. The monoisotopic (exact) mass is 395 g/mol. The molecule has 3 rings (SSSR count). The zero-order chi connectivity index (χ0) is 20.6. The normalized spacial score (nSPS) is 15.1. The SMILES string of the molecule is CN(C(=O)Cc1cccc(CNC(=O)O)c1)C(CN1CCCC1)c1ccccc1. The lowest BCUT2D eigenvalue weighted by Gasteiger charge is -2.32. The van der Waals surface area contributed by atoms with Gasteiger partial charge in [0, 0.05) is 20.1 Å². The van der Waals surface area contributed by atoms with E-state index in [0.717, 1.165) is 36.3 Å². The predicted molar refractivity (Wildman–Crippen MR) is 113 cm³/mol. The topological polar surface area (TPSA) is 72.9 Å². The third-order valence-electron chi connectivity index (χ3n) is 5.47. The summed E-state index contributed by atoms with van der Waals surface area (Å²) in [5.41, 5.74) is 2.88. The van der Waals surface area contributed by atoms with Crippen LogP contribution in [0.5, 0.6) is 0 Å². The fourth-order valence-corrected chi connectivity index (χ4v) is 3.84. The minimum atomic E-state index is -1.06. The highest BCUT2D eigenvalue weighted by atomic mass is 16.4. The van der Waals surface area contributed by atoms with Gasteiger partial charge in [0.2, 0.25) is 5.91 Å². The van der Waals surface area contributed by atoms with Gasteiger partial charge in [-0.3, -0.25) is 4.79 Å². The van der Waals surface area contributed by atoms with Crippen LogP contribution in [0, 0.1) is 0 Å². The lowest BCUT2D eigenvalue weighted by atomic mass is 10.0. The molecule has 2 amide bonds. The number of amides is 2. The van der Waals surface area contributed by atoms with E-state index < -0.39 is 6.09 Å². The molecule has 2 aromatic rings. The van der Waals surface area contributed by atoms with E-state index >= 15 is 0 Å². The van der Waals surface area contributed by atoms with Crippen molar-refractivity contribution >= 4 is 12.0 Å². The van der Waals surface area contributed by atoms with Crippen molar-refractivity contribution in [3.63, 3.8) is 0 Å². The van der Waals surface area contributed by atoms with Crippen LogP contribution in [0.1, 0.15) is 35.6 Å². The van der Waals surface area contributed by atoms with Crippen LogP contribution >= 0.6 is 0 Å². The minimum absolute atomic E-state index is 0.0126. The van der Waals surface area contributed by atoms with E-state index in [4.69, 9.17) is 5.11 Å². The van der Waals surface area contributed by atoms with Crippen LogP contribution in [0.4, 0.5) is 4.79 Å². The average molecular weight is 396 g/mol. The van der Waals surface area contributed by atoms with Crippen molar-refractivity contribution in [2.75, 3.05) is 26.7 Å². The highest BCUT2D eigenvalue weighted by molar-refractivity contribution is 5.79. The first-order chi connectivity index (χ1) is 14.0. The Morgan fingerprint density at radius 2 is 1.76 bits per heavy atom. The van der Waals surface area contributed by atoms with Gasteiger partial charge in [-0.2, -0.15) is 0 Å². The van der Waals surface area contributed by atoms with Crippen LogP contribution in [0.2, 0.25) is 0 Å². The lowest BCUT2D eigenvalue weighted by molar-refractivity contribution is -0.131. The van der Waals surface area contributed by atoms with Crippen molar-refractivity contribution in [2.24, 2.45) is 0 Å². The minimum Gasteiger partial charge on any atom is -0.465 e. The molecule has 0 aliphatic carbocycles. The molecule has 0 bridgehead atoms. The Hall–Kier alpha value is -2.86. The highest BCUT2D eigenvalue weighted by Crippen LogP contribution is 2.23. The molecule has 1 aliphatic rings. The number of likely N-dealkylation sites (tertiary alicyclic amines) is 1. The van der Waals surface area contributed by atoms with Gasteiger partial charge < -0.3 is 20.2 Å². The number of hydrogen-bond donors (Lipinski definition) is 2. The Balaban J connectivity index is 1.70. The zero-order valence-electron chi connectivity index (χ0n) is 16.9. The highest BCUT2D eigenvalue weighted by Gasteiger charge is 2.25. The third kappa shape index (κ3) is 6.06. The Bertz CT molecular complexity index is 819. The number of nitrogens with zero attached hydrogens (tertiary/aromatic N) is 2. The Morgan fingerprint density at radius 3 is 2.45 bits per heavy atom.